The van der Waals surface area contributed by atoms with Crippen molar-refractivity contribution in [3.8, 4) is 0 Å². The minimum Gasteiger partial charge on any atom is -0.465 e. The Labute approximate surface area is 122 Å². The number of aromatic nitrogens is 2. The van der Waals surface area contributed by atoms with Gasteiger partial charge >= 0.3 is 5.97 Å². The summed E-state index contributed by atoms with van der Waals surface area (Å²) in [7, 11) is 1.29. The van der Waals surface area contributed by atoms with E-state index in [0.29, 0.717) is 27.1 Å². The normalized spacial score (nSPS) is 11.2. The number of H-pyrrole nitrogens is 1. The Morgan fingerprint density at radius 2 is 2.00 bits per heavy atom. The van der Waals surface area contributed by atoms with Gasteiger partial charge in [0.2, 0.25) is 0 Å². The molecule has 7 heteroatoms. The molecule has 0 unspecified atom stereocenters. The van der Waals surface area contributed by atoms with Crippen LogP contribution in [0.15, 0.2) is 29.1 Å². The zero-order valence-electron chi connectivity index (χ0n) is 10.2. The molecule has 0 saturated carbocycles. The third-order valence-electron chi connectivity index (χ3n) is 3.04. The van der Waals surface area contributed by atoms with Crippen LogP contribution in [0.2, 0.25) is 10.2 Å². The molecule has 20 heavy (non-hydrogen) atoms. The van der Waals surface area contributed by atoms with Crippen LogP contribution in [0.25, 0.3) is 16.6 Å². The average molecular weight is 311 g/mol. The number of fused-ring (bicyclic) bond motifs is 3. The van der Waals surface area contributed by atoms with Crippen LogP contribution >= 0.6 is 23.2 Å². The van der Waals surface area contributed by atoms with Crippen molar-refractivity contribution < 1.29 is 9.53 Å². The number of nitrogens with zero attached hydrogens (tertiary/aromatic N) is 1. The second-order valence-electron chi connectivity index (χ2n) is 4.18. The molecule has 0 amide bonds. The Hall–Kier alpha value is -1.98. The summed E-state index contributed by atoms with van der Waals surface area (Å²) in [6, 6.07) is 6.30. The highest BCUT2D eigenvalue weighted by Crippen LogP contribution is 2.28. The van der Waals surface area contributed by atoms with E-state index in [-0.39, 0.29) is 10.7 Å². The van der Waals surface area contributed by atoms with Crippen LogP contribution in [-0.2, 0) is 4.74 Å². The standard InChI is InChI=1S/C13H8Cl2N2O3/c1-20-13(19)6-2-3-9-8(4-6)16-12(18)10-5-7(14)11(15)17(9)10/h2-5H,1H3,(H,16,18). The molecule has 0 spiro atoms. The van der Waals surface area contributed by atoms with E-state index in [1.54, 1.807) is 16.5 Å². The van der Waals surface area contributed by atoms with Crippen molar-refractivity contribution in [3.63, 3.8) is 0 Å². The summed E-state index contributed by atoms with van der Waals surface area (Å²) >= 11 is 12.1. The van der Waals surface area contributed by atoms with E-state index >= 15 is 0 Å². The summed E-state index contributed by atoms with van der Waals surface area (Å²) in [6.07, 6.45) is 0. The maximum Gasteiger partial charge on any atom is 0.337 e. The van der Waals surface area contributed by atoms with E-state index in [4.69, 9.17) is 23.2 Å². The van der Waals surface area contributed by atoms with Crippen LogP contribution in [-0.4, -0.2) is 22.5 Å². The van der Waals surface area contributed by atoms with Gasteiger partial charge in [-0.05, 0) is 24.3 Å². The lowest BCUT2D eigenvalue weighted by Gasteiger charge is -2.05. The first-order chi connectivity index (χ1) is 9.52. The highest BCUT2D eigenvalue weighted by atomic mass is 35.5. The fourth-order valence-corrected chi connectivity index (χ4v) is 2.55. The number of benzene rings is 1. The molecular formula is C13H8Cl2N2O3. The number of rotatable bonds is 1. The number of nitrogens with one attached hydrogen (secondary N) is 1. The fraction of sp³-hybridized carbons (Fsp3) is 0.0769. The van der Waals surface area contributed by atoms with Gasteiger partial charge in [-0.15, -0.1) is 0 Å². The van der Waals surface area contributed by atoms with Gasteiger partial charge in [0.15, 0.2) is 0 Å². The summed E-state index contributed by atoms with van der Waals surface area (Å²) in [5, 5.41) is 0.547. The molecule has 1 aromatic carbocycles. The SMILES string of the molecule is COC(=O)c1ccc2c(c1)[nH]c(=O)c1cc(Cl)c(Cl)n12. The maximum atomic E-state index is 12.0. The summed E-state index contributed by atoms with van der Waals surface area (Å²) in [6.45, 7) is 0. The molecule has 0 bridgehead atoms. The zero-order valence-corrected chi connectivity index (χ0v) is 11.7. The van der Waals surface area contributed by atoms with E-state index in [1.807, 2.05) is 0 Å². The summed E-state index contributed by atoms with van der Waals surface area (Å²) in [5.74, 6) is -0.482. The largest absolute Gasteiger partial charge is 0.465 e. The van der Waals surface area contributed by atoms with E-state index in [0.717, 1.165) is 0 Å². The van der Waals surface area contributed by atoms with Gasteiger partial charge in [0.25, 0.3) is 5.56 Å². The maximum absolute atomic E-state index is 12.0. The summed E-state index contributed by atoms with van der Waals surface area (Å²) in [4.78, 5) is 26.2. The van der Waals surface area contributed by atoms with Gasteiger partial charge in [-0.3, -0.25) is 9.20 Å². The first-order valence-corrected chi connectivity index (χ1v) is 6.39. The van der Waals surface area contributed by atoms with Crippen LogP contribution in [0.3, 0.4) is 0 Å². The number of esters is 1. The summed E-state index contributed by atoms with van der Waals surface area (Å²) in [5.41, 5.74) is 1.46. The quantitative estimate of drug-likeness (QED) is 0.703. The Balaban J connectivity index is 2.44. The smallest absolute Gasteiger partial charge is 0.337 e. The van der Waals surface area contributed by atoms with Gasteiger partial charge in [-0.1, -0.05) is 23.2 Å². The number of hydrogen-bond acceptors (Lipinski definition) is 3. The van der Waals surface area contributed by atoms with Gasteiger partial charge in [0.05, 0.1) is 28.7 Å². The lowest BCUT2D eigenvalue weighted by molar-refractivity contribution is 0.0601. The van der Waals surface area contributed by atoms with Crippen molar-refractivity contribution in [1.82, 2.24) is 9.38 Å². The van der Waals surface area contributed by atoms with E-state index in [2.05, 4.69) is 9.72 Å². The monoisotopic (exact) mass is 310 g/mol. The molecule has 102 valence electrons. The van der Waals surface area contributed by atoms with Gasteiger partial charge in [-0.25, -0.2) is 4.79 Å². The lowest BCUT2D eigenvalue weighted by atomic mass is 10.2. The van der Waals surface area contributed by atoms with Gasteiger partial charge in [-0.2, -0.15) is 0 Å². The van der Waals surface area contributed by atoms with Crippen molar-refractivity contribution in [2.45, 2.75) is 0 Å². The fourth-order valence-electron chi connectivity index (χ4n) is 2.12. The number of hydrogen-bond donors (Lipinski definition) is 1. The van der Waals surface area contributed by atoms with Crippen LogP contribution in [0, 0.1) is 0 Å². The van der Waals surface area contributed by atoms with Crippen molar-refractivity contribution in [1.29, 1.82) is 0 Å². The molecule has 0 aliphatic heterocycles. The second-order valence-corrected chi connectivity index (χ2v) is 4.95. The number of halogens is 2. The molecule has 2 aromatic heterocycles. The van der Waals surface area contributed by atoms with Gasteiger partial charge in [0, 0.05) is 0 Å². The number of methoxy groups -OCH3 is 1. The van der Waals surface area contributed by atoms with Crippen LogP contribution in [0.5, 0.6) is 0 Å². The zero-order chi connectivity index (χ0) is 14.4. The molecule has 3 aromatic rings. The van der Waals surface area contributed by atoms with Crippen LogP contribution < -0.4 is 5.56 Å². The van der Waals surface area contributed by atoms with Gasteiger partial charge < -0.3 is 9.72 Å². The summed E-state index contributed by atoms with van der Waals surface area (Å²) < 4.78 is 6.19. The molecule has 0 aliphatic carbocycles. The lowest BCUT2D eigenvalue weighted by Crippen LogP contribution is -2.11. The Kier molecular flexibility index (Phi) is 2.96. The van der Waals surface area contributed by atoms with Crippen LogP contribution in [0.4, 0.5) is 0 Å². The molecule has 2 heterocycles. The molecule has 0 aliphatic rings. The van der Waals surface area contributed by atoms with Crippen molar-refractivity contribution >= 4 is 45.7 Å². The van der Waals surface area contributed by atoms with Crippen molar-refractivity contribution in [2.75, 3.05) is 7.11 Å². The Morgan fingerprint density at radius 3 is 2.70 bits per heavy atom. The molecule has 0 radical (unpaired) electrons. The minimum atomic E-state index is -0.482. The van der Waals surface area contributed by atoms with Gasteiger partial charge in [0.1, 0.15) is 10.7 Å². The Bertz CT molecular complexity index is 911. The van der Waals surface area contributed by atoms with Crippen LogP contribution in [0.1, 0.15) is 10.4 Å². The minimum absolute atomic E-state index is 0.253. The van der Waals surface area contributed by atoms with Crippen molar-refractivity contribution in [2.24, 2.45) is 0 Å². The van der Waals surface area contributed by atoms with Crippen molar-refractivity contribution in [3.05, 3.63) is 50.4 Å². The third kappa shape index (κ3) is 1.78. The van der Waals surface area contributed by atoms with E-state index < -0.39 is 5.97 Å². The predicted octanol–water partition coefficient (Wildman–Crippen LogP) is 2.87. The molecule has 0 saturated heterocycles. The number of aromatic amines is 1. The Morgan fingerprint density at radius 1 is 1.25 bits per heavy atom. The van der Waals surface area contributed by atoms with E-state index in [9.17, 15) is 9.59 Å². The predicted molar refractivity (Wildman–Crippen MR) is 76.9 cm³/mol. The average Bonchev–Trinajstić information content (AvgIpc) is 2.75. The molecule has 1 N–H and O–H groups in total. The molecule has 3 rings (SSSR count). The highest BCUT2D eigenvalue weighted by molar-refractivity contribution is 6.42. The number of carbonyl (C=O) groups excluding carboxylic acids is 1. The van der Waals surface area contributed by atoms with E-state index in [1.165, 1.54) is 19.2 Å². The molecule has 0 fully saturated rings. The third-order valence-corrected chi connectivity index (χ3v) is 3.79. The molecular weight excluding hydrogens is 303 g/mol. The highest BCUT2D eigenvalue weighted by Gasteiger charge is 2.14. The second kappa shape index (κ2) is 4.54. The first-order valence-electron chi connectivity index (χ1n) is 5.63. The number of ether oxygens (including phenoxy) is 1. The topological polar surface area (TPSA) is 63.6 Å². The first kappa shape index (κ1) is 13.0. The molecule has 0 atom stereocenters. The molecule has 5 nitrogen and oxygen atoms in total. The number of carbonyl (C=O) groups is 1.